The Hall–Kier alpha value is -0.680. The second kappa shape index (κ2) is 9.14. The van der Waals surface area contributed by atoms with Crippen LogP contribution in [0.3, 0.4) is 0 Å². The fourth-order valence-electron chi connectivity index (χ4n) is 4.29. The van der Waals surface area contributed by atoms with Crippen LogP contribution in [0.2, 0.25) is 0 Å². The Labute approximate surface area is 157 Å². The van der Waals surface area contributed by atoms with Crippen molar-refractivity contribution in [2.45, 2.75) is 38.1 Å². The van der Waals surface area contributed by atoms with E-state index in [0.717, 1.165) is 43.6 Å². The highest BCUT2D eigenvalue weighted by Crippen LogP contribution is 2.42. The van der Waals surface area contributed by atoms with Gasteiger partial charge in [-0.15, -0.1) is 24.8 Å². The molecule has 0 spiro atoms. The lowest BCUT2D eigenvalue weighted by Gasteiger charge is -2.41. The molecule has 1 atom stereocenters. The normalized spacial score (nSPS) is 22.3. The van der Waals surface area contributed by atoms with E-state index < -0.39 is 0 Å². The Bertz CT molecular complexity index is 500. The van der Waals surface area contributed by atoms with Crippen molar-refractivity contribution in [1.82, 2.24) is 10.2 Å². The highest BCUT2D eigenvalue weighted by molar-refractivity contribution is 5.85. The molecule has 0 radical (unpaired) electrons. The molecule has 3 aliphatic rings. The molecule has 1 aromatic rings. The predicted molar refractivity (Wildman–Crippen MR) is 101 cm³/mol. The Morgan fingerprint density at radius 1 is 0.958 bits per heavy atom. The topological polar surface area (TPSA) is 33.7 Å². The maximum Gasteiger partial charge on any atom is 0.231 e. The first kappa shape index (κ1) is 19.6. The van der Waals surface area contributed by atoms with Crippen LogP contribution in [0, 0.1) is 5.92 Å². The molecule has 136 valence electrons. The molecule has 2 fully saturated rings. The second-order valence-corrected chi connectivity index (χ2v) is 6.74. The summed E-state index contributed by atoms with van der Waals surface area (Å²) < 4.78 is 11.1. The van der Waals surface area contributed by atoms with Gasteiger partial charge in [0.2, 0.25) is 6.79 Å². The van der Waals surface area contributed by atoms with Crippen LogP contribution in [0.15, 0.2) is 18.2 Å². The van der Waals surface area contributed by atoms with Crippen molar-refractivity contribution in [3.05, 3.63) is 23.8 Å². The fourth-order valence-corrected chi connectivity index (χ4v) is 4.29. The fraction of sp³-hybridized carbons (Fsp3) is 0.667. The van der Waals surface area contributed by atoms with Crippen molar-refractivity contribution >= 4 is 24.8 Å². The summed E-state index contributed by atoms with van der Waals surface area (Å²) in [6.45, 7) is 4.87. The van der Waals surface area contributed by atoms with E-state index in [4.69, 9.17) is 9.47 Å². The molecule has 24 heavy (non-hydrogen) atoms. The van der Waals surface area contributed by atoms with Gasteiger partial charge in [0, 0.05) is 32.2 Å². The van der Waals surface area contributed by atoms with E-state index in [1.165, 1.54) is 37.7 Å². The van der Waals surface area contributed by atoms with Crippen molar-refractivity contribution in [1.29, 1.82) is 0 Å². The van der Waals surface area contributed by atoms with Crippen molar-refractivity contribution in [2.75, 3.05) is 33.0 Å². The van der Waals surface area contributed by atoms with E-state index in [0.29, 0.717) is 12.8 Å². The molecule has 1 aromatic carbocycles. The number of halogens is 2. The van der Waals surface area contributed by atoms with E-state index in [1.807, 2.05) is 0 Å². The molecule has 6 heteroatoms. The molecule has 0 amide bonds. The van der Waals surface area contributed by atoms with Crippen LogP contribution in [0.4, 0.5) is 0 Å². The van der Waals surface area contributed by atoms with Crippen LogP contribution >= 0.6 is 24.8 Å². The van der Waals surface area contributed by atoms with Crippen molar-refractivity contribution in [2.24, 2.45) is 5.92 Å². The van der Waals surface area contributed by atoms with E-state index in [1.54, 1.807) is 0 Å². The van der Waals surface area contributed by atoms with E-state index in [2.05, 4.69) is 28.4 Å². The molecule has 4 nitrogen and oxygen atoms in total. The summed E-state index contributed by atoms with van der Waals surface area (Å²) in [7, 11) is 0. The largest absolute Gasteiger partial charge is 0.454 e. The average molecular weight is 375 g/mol. The molecule has 1 aliphatic carbocycles. The second-order valence-electron chi connectivity index (χ2n) is 6.74. The highest BCUT2D eigenvalue weighted by Gasteiger charge is 2.31. The minimum atomic E-state index is 0. The van der Waals surface area contributed by atoms with E-state index >= 15 is 0 Å². The van der Waals surface area contributed by atoms with Gasteiger partial charge < -0.3 is 14.8 Å². The third kappa shape index (κ3) is 4.10. The summed E-state index contributed by atoms with van der Waals surface area (Å²) in [5, 5.41) is 3.48. The number of piperazine rings is 1. The molecule has 0 unspecified atom stereocenters. The van der Waals surface area contributed by atoms with Crippen molar-refractivity contribution in [3.8, 4) is 11.5 Å². The Morgan fingerprint density at radius 2 is 1.67 bits per heavy atom. The molecular formula is C18H28Cl2N2O2. The van der Waals surface area contributed by atoms with Gasteiger partial charge in [0.05, 0.1) is 0 Å². The molecule has 1 N–H and O–H groups in total. The third-order valence-corrected chi connectivity index (χ3v) is 5.38. The van der Waals surface area contributed by atoms with Gasteiger partial charge in [-0.25, -0.2) is 0 Å². The number of nitrogens with zero attached hydrogens (tertiary/aromatic N) is 1. The molecule has 1 saturated heterocycles. The van der Waals surface area contributed by atoms with Crippen LogP contribution in [-0.4, -0.2) is 37.9 Å². The van der Waals surface area contributed by atoms with Crippen LogP contribution in [0.5, 0.6) is 11.5 Å². The minimum Gasteiger partial charge on any atom is -0.454 e. The SMILES string of the molecule is Cl.Cl.c1cc2c(cc1[C@H](C1CCCCC1)N1CCNCC1)OCO2. The molecule has 0 bridgehead atoms. The molecule has 2 heterocycles. The smallest absolute Gasteiger partial charge is 0.231 e. The number of hydrogen-bond donors (Lipinski definition) is 1. The first-order valence-electron chi connectivity index (χ1n) is 8.76. The average Bonchev–Trinajstić information content (AvgIpc) is 3.05. The van der Waals surface area contributed by atoms with Crippen LogP contribution in [0.1, 0.15) is 43.7 Å². The lowest BCUT2D eigenvalue weighted by Crippen LogP contribution is -2.47. The van der Waals surface area contributed by atoms with Gasteiger partial charge in [0.1, 0.15) is 0 Å². The standard InChI is InChI=1S/C18H26N2O2.2ClH/c1-2-4-14(5-3-1)18(20-10-8-19-9-11-20)15-6-7-16-17(12-15)22-13-21-16;;/h6-7,12,14,18-19H,1-5,8-11,13H2;2*1H/t18-;;/m0../s1. The summed E-state index contributed by atoms with van der Waals surface area (Å²) in [5.41, 5.74) is 1.41. The first-order chi connectivity index (χ1) is 10.9. The lowest BCUT2D eigenvalue weighted by molar-refractivity contribution is 0.103. The van der Waals surface area contributed by atoms with Crippen molar-refractivity contribution < 1.29 is 9.47 Å². The number of benzene rings is 1. The summed E-state index contributed by atoms with van der Waals surface area (Å²) in [5.74, 6) is 2.60. The zero-order chi connectivity index (χ0) is 14.8. The Morgan fingerprint density at radius 3 is 2.42 bits per heavy atom. The van der Waals surface area contributed by atoms with Gasteiger partial charge in [-0.05, 0) is 36.5 Å². The monoisotopic (exact) mass is 374 g/mol. The van der Waals surface area contributed by atoms with Gasteiger partial charge in [0.25, 0.3) is 0 Å². The summed E-state index contributed by atoms with van der Waals surface area (Å²) in [6, 6.07) is 7.12. The number of hydrogen-bond acceptors (Lipinski definition) is 4. The van der Waals surface area contributed by atoms with E-state index in [-0.39, 0.29) is 24.8 Å². The molecule has 2 aliphatic heterocycles. The zero-order valence-electron chi connectivity index (χ0n) is 14.0. The van der Waals surface area contributed by atoms with Crippen LogP contribution < -0.4 is 14.8 Å². The predicted octanol–water partition coefficient (Wildman–Crippen LogP) is 3.79. The van der Waals surface area contributed by atoms with Crippen LogP contribution in [0.25, 0.3) is 0 Å². The lowest BCUT2D eigenvalue weighted by atomic mass is 9.80. The van der Waals surface area contributed by atoms with Gasteiger partial charge in [-0.1, -0.05) is 25.3 Å². The zero-order valence-corrected chi connectivity index (χ0v) is 15.7. The Balaban J connectivity index is 0.00000104. The van der Waals surface area contributed by atoms with Gasteiger partial charge in [0.15, 0.2) is 11.5 Å². The number of nitrogens with one attached hydrogen (secondary N) is 1. The number of fused-ring (bicyclic) bond motifs is 1. The number of ether oxygens (including phenoxy) is 2. The van der Waals surface area contributed by atoms with Crippen molar-refractivity contribution in [3.63, 3.8) is 0 Å². The van der Waals surface area contributed by atoms with Gasteiger partial charge >= 0.3 is 0 Å². The third-order valence-electron chi connectivity index (χ3n) is 5.38. The van der Waals surface area contributed by atoms with Gasteiger partial charge in [-0.3, -0.25) is 4.90 Å². The summed E-state index contributed by atoms with van der Waals surface area (Å²) in [4.78, 5) is 2.68. The highest BCUT2D eigenvalue weighted by atomic mass is 35.5. The molecule has 0 aromatic heterocycles. The van der Waals surface area contributed by atoms with Gasteiger partial charge in [-0.2, -0.15) is 0 Å². The quantitative estimate of drug-likeness (QED) is 0.872. The van der Waals surface area contributed by atoms with Crippen LogP contribution in [-0.2, 0) is 0 Å². The summed E-state index contributed by atoms with van der Waals surface area (Å²) in [6.07, 6.45) is 6.91. The Kier molecular flexibility index (Phi) is 7.48. The maximum absolute atomic E-state index is 5.61. The number of rotatable bonds is 3. The molecule has 4 rings (SSSR count). The van der Waals surface area contributed by atoms with E-state index in [9.17, 15) is 0 Å². The minimum absolute atomic E-state index is 0. The first-order valence-corrected chi connectivity index (χ1v) is 8.76. The maximum atomic E-state index is 5.61. The molecular weight excluding hydrogens is 347 g/mol. The molecule has 1 saturated carbocycles. The summed E-state index contributed by atoms with van der Waals surface area (Å²) >= 11 is 0.